The Bertz CT molecular complexity index is 2890. The molecule has 58 heavy (non-hydrogen) atoms. The molecule has 0 aliphatic rings. The van der Waals surface area contributed by atoms with Gasteiger partial charge in [0.2, 0.25) is 0 Å². The lowest BCUT2D eigenvalue weighted by Crippen LogP contribution is -1.98. The first-order chi connectivity index (χ1) is 28.4. The van der Waals surface area contributed by atoms with E-state index >= 15 is 17.6 Å². The number of aromatic nitrogens is 2. The highest BCUT2D eigenvalue weighted by molar-refractivity contribution is 6.10. The van der Waals surface area contributed by atoms with Crippen LogP contribution >= 0.6 is 0 Å². The molecule has 0 unspecified atom stereocenters. The van der Waals surface area contributed by atoms with Gasteiger partial charge >= 0.3 is 0 Å². The SMILES string of the molecule is Fc1cc(-n2c3ccccc3c3ccccc32)cc(F)c1C=Cc1ccc(-c2ccc(C=Cc3c(F)cc(-n4c5ccccc5c5ccccc54)cc3F)cc2)cc1. The van der Waals surface area contributed by atoms with Crippen LogP contribution in [0.25, 0.3) is 90.4 Å². The van der Waals surface area contributed by atoms with Crippen LogP contribution in [0.2, 0.25) is 0 Å². The molecule has 2 heterocycles. The second-order valence-electron chi connectivity index (χ2n) is 14.3. The lowest BCUT2D eigenvalue weighted by molar-refractivity contribution is 0.577. The average Bonchev–Trinajstić information content (AvgIpc) is 3.77. The largest absolute Gasteiger partial charge is 0.309 e. The minimum absolute atomic E-state index is 0.115. The fourth-order valence-corrected chi connectivity index (χ4v) is 8.05. The molecule has 8 aromatic carbocycles. The normalized spacial score (nSPS) is 12.0. The number of fused-ring (bicyclic) bond motifs is 6. The molecule has 0 atom stereocenters. The molecule has 278 valence electrons. The van der Waals surface area contributed by atoms with Gasteiger partial charge in [0.1, 0.15) is 23.3 Å². The van der Waals surface area contributed by atoms with Crippen LogP contribution in [0.1, 0.15) is 22.3 Å². The third-order valence-corrected chi connectivity index (χ3v) is 10.8. The molecule has 0 fully saturated rings. The second kappa shape index (κ2) is 14.3. The average molecular weight is 761 g/mol. The van der Waals surface area contributed by atoms with Gasteiger partial charge in [0.25, 0.3) is 0 Å². The third-order valence-electron chi connectivity index (χ3n) is 10.8. The molecule has 0 amide bonds. The number of hydrogen-bond acceptors (Lipinski definition) is 0. The number of rotatable bonds is 7. The lowest BCUT2D eigenvalue weighted by Gasteiger charge is -2.10. The molecule has 2 nitrogen and oxygen atoms in total. The summed E-state index contributed by atoms with van der Waals surface area (Å²) in [4.78, 5) is 0. The third kappa shape index (κ3) is 6.07. The first-order valence-corrected chi connectivity index (χ1v) is 18.9. The Morgan fingerprint density at radius 2 is 0.586 bits per heavy atom. The number of hydrogen-bond donors (Lipinski definition) is 0. The van der Waals surface area contributed by atoms with E-state index in [0.29, 0.717) is 11.4 Å². The molecule has 0 bridgehead atoms. The molecule has 0 radical (unpaired) electrons. The number of benzene rings is 8. The molecular weight excluding hydrogens is 729 g/mol. The zero-order valence-corrected chi connectivity index (χ0v) is 30.9. The van der Waals surface area contributed by atoms with Gasteiger partial charge in [-0.3, -0.25) is 0 Å². The van der Waals surface area contributed by atoms with Crippen molar-refractivity contribution in [3.8, 4) is 22.5 Å². The molecule has 6 heteroatoms. The van der Waals surface area contributed by atoms with E-state index in [0.717, 1.165) is 65.9 Å². The Morgan fingerprint density at radius 3 is 0.879 bits per heavy atom. The Balaban J connectivity index is 0.852. The summed E-state index contributed by atoms with van der Waals surface area (Å²) >= 11 is 0. The van der Waals surface area contributed by atoms with Crippen molar-refractivity contribution >= 4 is 67.9 Å². The standard InChI is InChI=1S/C52H32F4N2/c53-45-29-37(57-49-13-5-1-9-39(49)40-10-2-6-14-50(40)57)30-46(54)43(45)27-21-33-17-23-35(24-18-33)36-25-19-34(20-26-36)22-28-44-47(55)31-38(32-48(44)56)58-51-15-7-3-11-41(51)42-12-4-8-16-52(42)58/h1-32H. The maximum Gasteiger partial charge on any atom is 0.135 e. The maximum absolute atomic E-state index is 15.5. The van der Waals surface area contributed by atoms with Gasteiger partial charge in [-0.25, -0.2) is 17.6 Å². The van der Waals surface area contributed by atoms with Gasteiger partial charge in [-0.15, -0.1) is 0 Å². The van der Waals surface area contributed by atoms with Crippen LogP contribution in [-0.2, 0) is 0 Å². The van der Waals surface area contributed by atoms with Gasteiger partial charge in [0, 0.05) is 32.7 Å². The monoisotopic (exact) mass is 760 g/mol. The van der Waals surface area contributed by atoms with Crippen LogP contribution in [0.5, 0.6) is 0 Å². The van der Waals surface area contributed by atoms with E-state index in [9.17, 15) is 0 Å². The van der Waals surface area contributed by atoms with Crippen LogP contribution in [0.4, 0.5) is 17.6 Å². The molecule has 0 aliphatic carbocycles. The topological polar surface area (TPSA) is 9.86 Å². The van der Waals surface area contributed by atoms with Crippen LogP contribution in [0, 0.1) is 23.3 Å². The summed E-state index contributed by atoms with van der Waals surface area (Å²) in [7, 11) is 0. The van der Waals surface area contributed by atoms with Crippen LogP contribution in [0.3, 0.4) is 0 Å². The second-order valence-corrected chi connectivity index (χ2v) is 14.3. The van der Waals surface area contributed by atoms with Crippen molar-refractivity contribution < 1.29 is 17.6 Å². The highest BCUT2D eigenvalue weighted by Crippen LogP contribution is 2.35. The highest BCUT2D eigenvalue weighted by atomic mass is 19.1. The van der Waals surface area contributed by atoms with Gasteiger partial charge in [-0.05, 0) is 82.9 Å². The molecule has 2 aromatic heterocycles. The Labute approximate surface area is 331 Å². The minimum atomic E-state index is -0.652. The van der Waals surface area contributed by atoms with Crippen molar-refractivity contribution in [1.29, 1.82) is 0 Å². The number of nitrogens with zero attached hydrogens (tertiary/aromatic N) is 2. The fourth-order valence-electron chi connectivity index (χ4n) is 8.05. The van der Waals surface area contributed by atoms with E-state index in [4.69, 9.17) is 0 Å². The van der Waals surface area contributed by atoms with E-state index in [2.05, 4.69) is 0 Å². The molecular formula is C52H32F4N2. The smallest absolute Gasteiger partial charge is 0.135 e. The highest BCUT2D eigenvalue weighted by Gasteiger charge is 2.17. The van der Waals surface area contributed by atoms with Gasteiger partial charge in [0.15, 0.2) is 0 Å². The van der Waals surface area contributed by atoms with E-state index < -0.39 is 23.3 Å². The lowest BCUT2D eigenvalue weighted by atomic mass is 10.0. The van der Waals surface area contributed by atoms with Gasteiger partial charge in [-0.2, -0.15) is 0 Å². The molecule has 0 saturated heterocycles. The van der Waals surface area contributed by atoms with E-state index in [1.807, 2.05) is 155 Å². The molecule has 0 spiro atoms. The maximum atomic E-state index is 15.5. The molecule has 0 N–H and O–H groups in total. The van der Waals surface area contributed by atoms with Crippen molar-refractivity contribution in [2.45, 2.75) is 0 Å². The van der Waals surface area contributed by atoms with Crippen LogP contribution in [0.15, 0.2) is 170 Å². The first-order valence-electron chi connectivity index (χ1n) is 18.9. The van der Waals surface area contributed by atoms with E-state index in [-0.39, 0.29) is 11.1 Å². The molecule has 0 aliphatic heterocycles. The summed E-state index contributed by atoms with van der Waals surface area (Å²) in [6, 6.07) is 52.1. The van der Waals surface area contributed by atoms with Crippen molar-refractivity contribution in [2.24, 2.45) is 0 Å². The molecule has 10 aromatic rings. The van der Waals surface area contributed by atoms with Crippen molar-refractivity contribution in [2.75, 3.05) is 0 Å². The molecule has 0 saturated carbocycles. The van der Waals surface area contributed by atoms with Gasteiger partial charge in [-0.1, -0.05) is 133 Å². The van der Waals surface area contributed by atoms with Gasteiger partial charge < -0.3 is 9.13 Å². The van der Waals surface area contributed by atoms with Crippen molar-refractivity contribution in [3.63, 3.8) is 0 Å². The zero-order chi connectivity index (χ0) is 39.3. The Kier molecular flexibility index (Phi) is 8.60. The number of halogens is 4. The summed E-state index contributed by atoms with van der Waals surface area (Å²) < 4.78 is 65.9. The van der Waals surface area contributed by atoms with Crippen molar-refractivity contribution in [3.05, 3.63) is 215 Å². The Hall–Kier alpha value is -7.44. The van der Waals surface area contributed by atoms with Gasteiger partial charge in [0.05, 0.1) is 33.4 Å². The summed E-state index contributed by atoms with van der Waals surface area (Å²) in [5.74, 6) is -2.61. The predicted octanol–water partition coefficient (Wildman–Crippen LogP) is 14.4. The Morgan fingerprint density at radius 1 is 0.310 bits per heavy atom. The quantitative estimate of drug-likeness (QED) is 0.113. The van der Waals surface area contributed by atoms with Crippen LogP contribution in [-0.4, -0.2) is 9.13 Å². The van der Waals surface area contributed by atoms with Crippen molar-refractivity contribution in [1.82, 2.24) is 9.13 Å². The molecule has 10 rings (SSSR count). The summed E-state index contributed by atoms with van der Waals surface area (Å²) in [5, 5.41) is 4.06. The predicted molar refractivity (Wildman–Crippen MR) is 231 cm³/mol. The fraction of sp³-hybridized carbons (Fsp3) is 0. The summed E-state index contributed by atoms with van der Waals surface area (Å²) in [5.41, 5.74) is 7.55. The van der Waals surface area contributed by atoms with E-state index in [1.54, 1.807) is 12.2 Å². The van der Waals surface area contributed by atoms with E-state index in [1.165, 1.54) is 36.4 Å². The zero-order valence-electron chi connectivity index (χ0n) is 30.9. The summed E-state index contributed by atoms with van der Waals surface area (Å²) in [6.07, 6.45) is 6.29. The number of para-hydroxylation sites is 4. The van der Waals surface area contributed by atoms with Crippen LogP contribution < -0.4 is 0 Å². The minimum Gasteiger partial charge on any atom is -0.309 e. The summed E-state index contributed by atoms with van der Waals surface area (Å²) in [6.45, 7) is 0. The first kappa shape index (κ1) is 35.0.